The van der Waals surface area contributed by atoms with Gasteiger partial charge in [0.25, 0.3) is 0 Å². The van der Waals surface area contributed by atoms with Gasteiger partial charge in [-0.2, -0.15) is 5.06 Å². The van der Waals surface area contributed by atoms with Crippen molar-refractivity contribution in [3.8, 4) is 0 Å². The zero-order chi connectivity index (χ0) is 29.5. The summed E-state index contributed by atoms with van der Waals surface area (Å²) < 4.78 is 33.8. The fourth-order valence-electron chi connectivity index (χ4n) is 5.98. The quantitative estimate of drug-likeness (QED) is 0.393. The smallest absolute Gasteiger partial charge is 0.319 e. The van der Waals surface area contributed by atoms with E-state index in [0.29, 0.717) is 44.1 Å². The van der Waals surface area contributed by atoms with Crippen molar-refractivity contribution in [3.05, 3.63) is 82.6 Å². The van der Waals surface area contributed by atoms with Crippen LogP contribution in [-0.4, -0.2) is 73.8 Å². The third-order valence-electron chi connectivity index (χ3n) is 8.22. The van der Waals surface area contributed by atoms with Gasteiger partial charge in [0.2, 0.25) is 5.90 Å². The Morgan fingerprint density at radius 1 is 1.10 bits per heavy atom. The van der Waals surface area contributed by atoms with Gasteiger partial charge in [0.05, 0.1) is 12.6 Å². The monoisotopic (exact) mass is 581 g/mol. The summed E-state index contributed by atoms with van der Waals surface area (Å²) in [6.07, 6.45) is 3.50. The molecule has 3 aliphatic heterocycles. The largest absolute Gasteiger partial charge is 0.478 e. The van der Waals surface area contributed by atoms with Gasteiger partial charge in [-0.05, 0) is 69.0 Å². The molecule has 2 N–H and O–H groups in total. The molecule has 3 atom stereocenters. The molecule has 2 fully saturated rings. The lowest BCUT2D eigenvalue weighted by Crippen LogP contribution is -2.46. The van der Waals surface area contributed by atoms with E-state index in [1.54, 1.807) is 5.06 Å². The molecule has 0 aromatic heterocycles. The highest BCUT2D eigenvalue weighted by Crippen LogP contribution is 2.33. The van der Waals surface area contributed by atoms with Crippen molar-refractivity contribution in [1.82, 2.24) is 20.6 Å². The third-order valence-corrected chi connectivity index (χ3v) is 8.22. The van der Waals surface area contributed by atoms with Gasteiger partial charge < -0.3 is 20.3 Å². The van der Waals surface area contributed by atoms with Crippen molar-refractivity contribution in [1.29, 1.82) is 0 Å². The highest BCUT2D eigenvalue weighted by molar-refractivity contribution is 5.95. The second kappa shape index (κ2) is 14.2. The number of rotatable bonds is 9. The van der Waals surface area contributed by atoms with Gasteiger partial charge >= 0.3 is 6.03 Å². The van der Waals surface area contributed by atoms with Gasteiger partial charge in [-0.3, -0.25) is 9.83 Å². The summed E-state index contributed by atoms with van der Waals surface area (Å²) >= 11 is 0. The van der Waals surface area contributed by atoms with E-state index >= 15 is 0 Å². The molecule has 10 heteroatoms. The number of nitrogens with zero attached hydrogens (tertiary/aromatic N) is 3. The number of hydrogen-bond donors (Lipinski definition) is 2. The maximum Gasteiger partial charge on any atom is 0.319 e. The number of halogens is 2. The van der Waals surface area contributed by atoms with Crippen LogP contribution in [0.4, 0.5) is 13.6 Å². The molecule has 226 valence electrons. The average Bonchev–Trinajstić information content (AvgIpc) is 3.64. The number of allylic oxidation sites excluding steroid dienone is 1. The number of nitrogens with one attached hydrogen (secondary N) is 2. The van der Waals surface area contributed by atoms with Crippen LogP contribution in [-0.2, 0) is 9.57 Å². The topological polar surface area (TPSA) is 78.4 Å². The van der Waals surface area contributed by atoms with Gasteiger partial charge in [0.1, 0.15) is 6.10 Å². The number of aliphatic imine (C=N–C) groups is 1. The van der Waals surface area contributed by atoms with Crippen LogP contribution >= 0.6 is 0 Å². The Morgan fingerprint density at radius 3 is 2.62 bits per heavy atom. The van der Waals surface area contributed by atoms with Gasteiger partial charge in [-0.25, -0.2) is 13.6 Å². The summed E-state index contributed by atoms with van der Waals surface area (Å²) in [5, 5.41) is 7.87. The maximum absolute atomic E-state index is 14.0. The second-order valence-corrected chi connectivity index (χ2v) is 11.1. The summed E-state index contributed by atoms with van der Waals surface area (Å²) in [7, 11) is 0. The molecule has 2 amide bonds. The van der Waals surface area contributed by atoms with Crippen LogP contribution in [0.1, 0.15) is 62.7 Å². The number of amides is 2. The standard InChI is InChI=1S/C32H41F2N5O3/c1-3-39-21-28(30(42-39)24-12-13-26(33)27(34)20-24)36-32(40)37-29-22(2)31(41-19-9-18-38-16-7-8-17-38)35-15-14-25(29)23-10-5-4-6-11-23/h4-6,10-13,20,25,28,30H,3,7-9,14-19,21H2,1-2H3,(H2,36,37,40)/t25?,28?,30-/m0/s1. The SMILES string of the molecule is CCN1CC(NC(=O)NC2=C(C)C(OCCCN3CCCC3)=NCCC2c2ccccc2)[C@H](c2ccc(F)c(F)c2)O1. The number of carbonyl (C=O) groups excluding carboxylic acids is 1. The number of hydrogen-bond acceptors (Lipinski definition) is 6. The minimum absolute atomic E-state index is 0.0830. The van der Waals surface area contributed by atoms with Crippen LogP contribution < -0.4 is 10.6 Å². The fourth-order valence-corrected chi connectivity index (χ4v) is 5.98. The number of hydroxylamine groups is 2. The summed E-state index contributed by atoms with van der Waals surface area (Å²) in [6.45, 7) is 9.30. The molecule has 0 bridgehead atoms. The van der Waals surface area contributed by atoms with Crippen molar-refractivity contribution in [3.63, 3.8) is 0 Å². The number of likely N-dealkylation sites (N-methyl/N-ethyl adjacent to an activating group) is 1. The first-order valence-corrected chi connectivity index (χ1v) is 15.0. The Morgan fingerprint density at radius 2 is 1.88 bits per heavy atom. The molecular weight excluding hydrogens is 540 g/mol. The second-order valence-electron chi connectivity index (χ2n) is 11.1. The van der Waals surface area contributed by atoms with E-state index in [4.69, 9.17) is 14.6 Å². The Bertz CT molecular complexity index is 1280. The van der Waals surface area contributed by atoms with Crippen molar-refractivity contribution < 1.29 is 23.1 Å². The van der Waals surface area contributed by atoms with Crippen LogP contribution in [0, 0.1) is 11.6 Å². The van der Waals surface area contributed by atoms with Gasteiger partial charge in [-0.1, -0.05) is 43.3 Å². The molecule has 42 heavy (non-hydrogen) atoms. The van der Waals surface area contributed by atoms with Gasteiger partial charge in [0, 0.05) is 43.4 Å². The zero-order valence-electron chi connectivity index (χ0n) is 24.5. The van der Waals surface area contributed by atoms with E-state index < -0.39 is 29.8 Å². The Kier molecular flexibility index (Phi) is 10.2. The molecule has 2 aromatic carbocycles. The van der Waals surface area contributed by atoms with Crippen molar-refractivity contribution in [2.75, 3.05) is 45.9 Å². The van der Waals surface area contributed by atoms with Crippen molar-refractivity contribution >= 4 is 11.9 Å². The molecule has 2 unspecified atom stereocenters. The van der Waals surface area contributed by atoms with Crippen LogP contribution in [0.2, 0.25) is 0 Å². The highest BCUT2D eigenvalue weighted by atomic mass is 19.2. The van der Waals surface area contributed by atoms with E-state index in [9.17, 15) is 13.6 Å². The number of ether oxygens (including phenoxy) is 1. The van der Waals surface area contributed by atoms with Gasteiger partial charge in [-0.15, -0.1) is 0 Å². The lowest BCUT2D eigenvalue weighted by molar-refractivity contribution is -0.144. The summed E-state index contributed by atoms with van der Waals surface area (Å²) in [5.41, 5.74) is 3.08. The molecule has 0 radical (unpaired) electrons. The zero-order valence-corrected chi connectivity index (χ0v) is 24.5. The van der Waals surface area contributed by atoms with Crippen LogP contribution in [0.15, 0.2) is 64.8 Å². The Labute approximate surface area is 246 Å². The molecule has 0 aliphatic carbocycles. The average molecular weight is 582 g/mol. The molecular formula is C32H41F2N5O3. The van der Waals surface area contributed by atoms with Crippen LogP contribution in [0.5, 0.6) is 0 Å². The van der Waals surface area contributed by atoms with Crippen LogP contribution in [0.3, 0.4) is 0 Å². The molecule has 3 aliphatic rings. The first-order chi connectivity index (χ1) is 20.4. The number of urea groups is 1. The molecule has 8 nitrogen and oxygen atoms in total. The van der Waals surface area contributed by atoms with E-state index in [1.165, 1.54) is 18.9 Å². The molecule has 5 rings (SSSR count). The summed E-state index contributed by atoms with van der Waals surface area (Å²) in [6, 6.07) is 12.9. The highest BCUT2D eigenvalue weighted by Gasteiger charge is 2.37. The lowest BCUT2D eigenvalue weighted by Gasteiger charge is -2.24. The molecule has 0 saturated carbocycles. The van der Waals surface area contributed by atoms with E-state index in [-0.39, 0.29) is 5.92 Å². The van der Waals surface area contributed by atoms with E-state index in [2.05, 4.69) is 27.7 Å². The predicted molar refractivity (Wildman–Crippen MR) is 158 cm³/mol. The third kappa shape index (κ3) is 7.35. The Hall–Kier alpha value is -3.34. The van der Waals surface area contributed by atoms with Crippen LogP contribution in [0.25, 0.3) is 0 Å². The first-order valence-electron chi connectivity index (χ1n) is 15.0. The minimum Gasteiger partial charge on any atom is -0.478 e. The Balaban J connectivity index is 1.32. The lowest BCUT2D eigenvalue weighted by atomic mass is 9.90. The number of carbonyl (C=O) groups is 1. The van der Waals surface area contributed by atoms with E-state index in [1.807, 2.05) is 32.0 Å². The summed E-state index contributed by atoms with van der Waals surface area (Å²) in [4.78, 5) is 26.8. The van der Waals surface area contributed by atoms with Crippen molar-refractivity contribution in [2.24, 2.45) is 4.99 Å². The molecule has 0 spiro atoms. The normalized spacial score (nSPS) is 23.5. The number of likely N-dealkylation sites (tertiary alicyclic amines) is 1. The fraction of sp³-hybridized carbons (Fsp3) is 0.500. The van der Waals surface area contributed by atoms with Gasteiger partial charge in [0.15, 0.2) is 11.6 Å². The van der Waals surface area contributed by atoms with E-state index in [0.717, 1.165) is 55.0 Å². The summed E-state index contributed by atoms with van der Waals surface area (Å²) in [5.74, 6) is -1.40. The minimum atomic E-state index is -0.952. The van der Waals surface area contributed by atoms with Crippen molar-refractivity contribution in [2.45, 2.75) is 57.6 Å². The predicted octanol–water partition coefficient (Wildman–Crippen LogP) is 5.30. The molecule has 2 aromatic rings. The molecule has 2 saturated heterocycles. The number of benzene rings is 2. The maximum atomic E-state index is 14.0. The molecule has 3 heterocycles. The first kappa shape index (κ1) is 30.1.